The van der Waals surface area contributed by atoms with E-state index in [2.05, 4.69) is 5.32 Å². The van der Waals surface area contributed by atoms with Crippen LogP contribution in [-0.4, -0.2) is 19.4 Å². The van der Waals surface area contributed by atoms with E-state index in [0.29, 0.717) is 6.42 Å². The van der Waals surface area contributed by atoms with Gasteiger partial charge in [0.25, 0.3) is 0 Å². The zero-order valence-electron chi connectivity index (χ0n) is 7.17. The molecule has 12 heavy (non-hydrogen) atoms. The molecule has 0 bridgehead atoms. The van der Waals surface area contributed by atoms with E-state index < -0.39 is 0 Å². The summed E-state index contributed by atoms with van der Waals surface area (Å²) in [5, 5.41) is 6.86. The van der Waals surface area contributed by atoms with Gasteiger partial charge in [-0.05, 0) is 31.5 Å². The highest BCUT2D eigenvalue weighted by atomic mass is 32.1. The monoisotopic (exact) mass is 183 g/mol. The zero-order valence-corrected chi connectivity index (χ0v) is 7.99. The van der Waals surface area contributed by atoms with Crippen molar-refractivity contribution in [3.8, 4) is 0 Å². The van der Waals surface area contributed by atoms with Gasteiger partial charge in [-0.1, -0.05) is 0 Å². The Balaban J connectivity index is 2.30. The first-order chi connectivity index (χ1) is 5.84. The number of hydrogen-bond donors (Lipinski definition) is 1. The van der Waals surface area contributed by atoms with Crippen molar-refractivity contribution >= 4 is 17.1 Å². The first kappa shape index (κ1) is 9.42. The second-order valence-corrected chi connectivity index (χ2v) is 3.42. The highest BCUT2D eigenvalue weighted by Crippen LogP contribution is 2.09. The number of rotatable bonds is 5. The molecule has 1 N–H and O–H groups in total. The van der Waals surface area contributed by atoms with Crippen LogP contribution in [0.1, 0.15) is 23.2 Å². The lowest BCUT2D eigenvalue weighted by Crippen LogP contribution is -2.09. The number of hydrogen-bond acceptors (Lipinski definition) is 3. The fourth-order valence-electron chi connectivity index (χ4n) is 0.993. The lowest BCUT2D eigenvalue weighted by Gasteiger charge is -1.97. The predicted octanol–water partition coefficient (Wildman–Crippen LogP) is 1.93. The minimum Gasteiger partial charge on any atom is -0.320 e. The van der Waals surface area contributed by atoms with Crippen LogP contribution < -0.4 is 5.32 Å². The van der Waals surface area contributed by atoms with Gasteiger partial charge in [0.1, 0.15) is 0 Å². The van der Waals surface area contributed by atoms with Crippen molar-refractivity contribution in [1.82, 2.24) is 5.32 Å². The third-order valence-electron chi connectivity index (χ3n) is 1.67. The van der Waals surface area contributed by atoms with Gasteiger partial charge in [-0.2, -0.15) is 11.3 Å². The predicted molar refractivity (Wildman–Crippen MR) is 51.8 cm³/mol. The maximum atomic E-state index is 11.4. The van der Waals surface area contributed by atoms with E-state index in [1.807, 2.05) is 23.9 Å². The highest BCUT2D eigenvalue weighted by molar-refractivity contribution is 7.08. The van der Waals surface area contributed by atoms with Crippen LogP contribution in [0.4, 0.5) is 0 Å². The average molecular weight is 183 g/mol. The normalized spacial score (nSPS) is 10.1. The Morgan fingerprint density at radius 3 is 3.08 bits per heavy atom. The van der Waals surface area contributed by atoms with Gasteiger partial charge < -0.3 is 5.32 Å². The molecule has 1 heterocycles. The molecule has 2 nitrogen and oxygen atoms in total. The van der Waals surface area contributed by atoms with Crippen molar-refractivity contribution in [3.63, 3.8) is 0 Å². The van der Waals surface area contributed by atoms with Crippen LogP contribution in [0.2, 0.25) is 0 Å². The molecule has 0 unspecified atom stereocenters. The molecule has 0 fully saturated rings. The van der Waals surface area contributed by atoms with Crippen molar-refractivity contribution in [2.75, 3.05) is 13.6 Å². The summed E-state index contributed by atoms with van der Waals surface area (Å²) >= 11 is 1.57. The topological polar surface area (TPSA) is 29.1 Å². The van der Waals surface area contributed by atoms with E-state index >= 15 is 0 Å². The molecule has 66 valence electrons. The van der Waals surface area contributed by atoms with E-state index in [9.17, 15) is 4.79 Å². The molecule has 0 saturated carbocycles. The summed E-state index contributed by atoms with van der Waals surface area (Å²) in [6.45, 7) is 0.913. The van der Waals surface area contributed by atoms with Crippen molar-refractivity contribution in [3.05, 3.63) is 22.4 Å². The quantitative estimate of drug-likeness (QED) is 0.558. The van der Waals surface area contributed by atoms with Gasteiger partial charge in [0.05, 0.1) is 0 Å². The Morgan fingerprint density at radius 2 is 2.50 bits per heavy atom. The van der Waals surface area contributed by atoms with Crippen molar-refractivity contribution < 1.29 is 4.79 Å². The van der Waals surface area contributed by atoms with Crippen LogP contribution in [0.3, 0.4) is 0 Å². The van der Waals surface area contributed by atoms with Gasteiger partial charge in [0, 0.05) is 17.4 Å². The summed E-state index contributed by atoms with van der Waals surface area (Å²) in [6.07, 6.45) is 1.57. The second-order valence-electron chi connectivity index (χ2n) is 2.64. The van der Waals surface area contributed by atoms with Crippen molar-refractivity contribution in [2.24, 2.45) is 0 Å². The highest BCUT2D eigenvalue weighted by Gasteiger charge is 2.04. The summed E-state index contributed by atoms with van der Waals surface area (Å²) in [5.74, 6) is 0.256. The number of thiophene rings is 1. The molecule has 0 amide bonds. The first-order valence-electron chi connectivity index (χ1n) is 4.04. The number of ketones is 1. The Labute approximate surface area is 76.6 Å². The van der Waals surface area contributed by atoms with E-state index in [-0.39, 0.29) is 5.78 Å². The standard InChI is InChI=1S/C9H13NOS/c1-10-5-2-3-9(11)8-4-6-12-7-8/h4,6-7,10H,2-3,5H2,1H3. The molecule has 3 heteroatoms. The lowest BCUT2D eigenvalue weighted by atomic mass is 10.1. The van der Waals surface area contributed by atoms with Crippen LogP contribution in [0.25, 0.3) is 0 Å². The van der Waals surface area contributed by atoms with Gasteiger partial charge in [-0.15, -0.1) is 0 Å². The molecule has 0 aliphatic carbocycles. The van der Waals surface area contributed by atoms with E-state index in [1.54, 1.807) is 11.3 Å². The minimum absolute atomic E-state index is 0.256. The first-order valence-corrected chi connectivity index (χ1v) is 4.99. The van der Waals surface area contributed by atoms with Gasteiger partial charge in [-0.3, -0.25) is 4.79 Å². The molecule has 0 radical (unpaired) electrons. The Bertz CT molecular complexity index is 231. The molecule has 0 aromatic carbocycles. The van der Waals surface area contributed by atoms with Crippen molar-refractivity contribution in [2.45, 2.75) is 12.8 Å². The molecule has 1 aromatic heterocycles. The van der Waals surface area contributed by atoms with Gasteiger partial charge in [0.15, 0.2) is 5.78 Å². The summed E-state index contributed by atoms with van der Waals surface area (Å²) in [5.41, 5.74) is 0.858. The molecule has 0 atom stereocenters. The summed E-state index contributed by atoms with van der Waals surface area (Å²) in [4.78, 5) is 11.4. The number of carbonyl (C=O) groups excluding carboxylic acids is 1. The summed E-state index contributed by atoms with van der Waals surface area (Å²) < 4.78 is 0. The van der Waals surface area contributed by atoms with E-state index in [1.165, 1.54) is 0 Å². The van der Waals surface area contributed by atoms with Crippen LogP contribution in [0, 0.1) is 0 Å². The Kier molecular flexibility index (Phi) is 3.97. The van der Waals surface area contributed by atoms with E-state index in [0.717, 1.165) is 18.5 Å². The Morgan fingerprint density at radius 1 is 1.67 bits per heavy atom. The largest absolute Gasteiger partial charge is 0.320 e. The van der Waals surface area contributed by atoms with Crippen LogP contribution in [-0.2, 0) is 0 Å². The molecule has 0 aliphatic heterocycles. The van der Waals surface area contributed by atoms with Gasteiger partial charge in [0.2, 0.25) is 0 Å². The SMILES string of the molecule is CNCCCC(=O)c1ccsc1. The third kappa shape index (κ3) is 2.75. The summed E-state index contributed by atoms with van der Waals surface area (Å²) in [6, 6.07) is 1.88. The number of Topliss-reactive ketones (excluding diaryl/α,β-unsaturated/α-hetero) is 1. The smallest absolute Gasteiger partial charge is 0.163 e. The summed E-state index contributed by atoms with van der Waals surface area (Å²) in [7, 11) is 1.90. The fourth-order valence-corrected chi connectivity index (χ4v) is 1.65. The van der Waals surface area contributed by atoms with Crippen LogP contribution >= 0.6 is 11.3 Å². The Hall–Kier alpha value is -0.670. The molecular weight excluding hydrogens is 170 g/mol. The second kappa shape index (κ2) is 5.06. The van der Waals surface area contributed by atoms with E-state index in [4.69, 9.17) is 0 Å². The number of nitrogens with one attached hydrogen (secondary N) is 1. The van der Waals surface area contributed by atoms with Gasteiger partial charge >= 0.3 is 0 Å². The fraction of sp³-hybridized carbons (Fsp3) is 0.444. The van der Waals surface area contributed by atoms with Crippen LogP contribution in [0.15, 0.2) is 16.8 Å². The van der Waals surface area contributed by atoms with Crippen molar-refractivity contribution in [1.29, 1.82) is 0 Å². The van der Waals surface area contributed by atoms with Crippen LogP contribution in [0.5, 0.6) is 0 Å². The molecule has 0 aliphatic rings. The maximum absolute atomic E-state index is 11.4. The van der Waals surface area contributed by atoms with Gasteiger partial charge in [-0.25, -0.2) is 0 Å². The number of carbonyl (C=O) groups is 1. The minimum atomic E-state index is 0.256. The molecule has 1 rings (SSSR count). The zero-order chi connectivity index (χ0) is 8.81. The lowest BCUT2D eigenvalue weighted by molar-refractivity contribution is 0.0980. The average Bonchev–Trinajstić information content (AvgIpc) is 2.56. The molecule has 0 spiro atoms. The molecular formula is C9H13NOS. The molecule has 1 aromatic rings. The molecule has 0 saturated heterocycles. The third-order valence-corrected chi connectivity index (χ3v) is 2.36. The maximum Gasteiger partial charge on any atom is 0.163 e.